The number of methoxy groups -OCH3 is 1. The molecule has 0 amide bonds. The largest absolute Gasteiger partial charge is 0.468 e. The summed E-state index contributed by atoms with van der Waals surface area (Å²) in [5.74, 6) is -0.158. The molecule has 202 valence electrons. The summed E-state index contributed by atoms with van der Waals surface area (Å²) in [6.45, 7) is 6.43. The first-order chi connectivity index (χ1) is 18.3. The van der Waals surface area contributed by atoms with Crippen LogP contribution in [0.4, 0.5) is 0 Å². The molecule has 5 heteroatoms. The summed E-state index contributed by atoms with van der Waals surface area (Å²) in [6.07, 6.45) is 2.77. The summed E-state index contributed by atoms with van der Waals surface area (Å²) in [5.41, 5.74) is 1.79. The number of nitrogens with zero attached hydrogens (tertiary/aromatic N) is 1. The molecule has 1 aliphatic rings. The van der Waals surface area contributed by atoms with Crippen LogP contribution in [0.5, 0.6) is 0 Å². The van der Waals surface area contributed by atoms with E-state index in [1.165, 1.54) is 7.11 Å². The van der Waals surface area contributed by atoms with Crippen LogP contribution in [0.1, 0.15) is 67.9 Å². The molecule has 0 spiro atoms. The van der Waals surface area contributed by atoms with E-state index in [-0.39, 0.29) is 11.9 Å². The molecule has 1 saturated heterocycles. The summed E-state index contributed by atoms with van der Waals surface area (Å²) in [5, 5.41) is 23.0. The van der Waals surface area contributed by atoms with E-state index in [1.54, 1.807) is 0 Å². The molecular formula is C33H41NO4. The molecule has 38 heavy (non-hydrogen) atoms. The van der Waals surface area contributed by atoms with Crippen molar-refractivity contribution in [3.8, 4) is 0 Å². The highest BCUT2D eigenvalue weighted by Crippen LogP contribution is 2.42. The predicted octanol–water partition coefficient (Wildman–Crippen LogP) is 5.60. The molecule has 4 rings (SSSR count). The second kappa shape index (κ2) is 12.2. The van der Waals surface area contributed by atoms with E-state index in [9.17, 15) is 15.0 Å². The van der Waals surface area contributed by atoms with E-state index in [1.807, 2.05) is 98.8 Å². The molecule has 1 fully saturated rings. The summed E-state index contributed by atoms with van der Waals surface area (Å²) in [7, 11) is 1.40. The van der Waals surface area contributed by atoms with Crippen molar-refractivity contribution in [3.05, 3.63) is 107 Å². The lowest BCUT2D eigenvalue weighted by Gasteiger charge is -2.42. The Kier molecular flexibility index (Phi) is 9.03. The summed E-state index contributed by atoms with van der Waals surface area (Å²) < 4.78 is 4.96. The van der Waals surface area contributed by atoms with Crippen molar-refractivity contribution in [1.29, 1.82) is 0 Å². The Morgan fingerprint density at radius 2 is 1.47 bits per heavy atom. The fourth-order valence-electron chi connectivity index (χ4n) is 5.78. The standard InChI is InChI=1S/C33H41NO4/c1-32(2,31(36)38-3)29-17-10-12-25(24-29)30(35)18-11-21-34-22-19-28(20-23-34)33(37,26-13-6-4-7-14-26)27-15-8-5-9-16-27/h4-10,12-17,24,28,30,35,37H,11,18-23H2,1-3H3. The van der Waals surface area contributed by atoms with Crippen LogP contribution in [-0.2, 0) is 20.5 Å². The van der Waals surface area contributed by atoms with E-state index in [4.69, 9.17) is 4.74 Å². The summed E-state index contributed by atoms with van der Waals surface area (Å²) in [6, 6.07) is 27.7. The lowest BCUT2D eigenvalue weighted by Crippen LogP contribution is -2.44. The Morgan fingerprint density at radius 1 is 0.921 bits per heavy atom. The first-order valence-corrected chi connectivity index (χ1v) is 13.7. The van der Waals surface area contributed by atoms with Gasteiger partial charge in [0.25, 0.3) is 0 Å². The molecule has 1 heterocycles. The number of likely N-dealkylation sites (tertiary alicyclic amines) is 1. The van der Waals surface area contributed by atoms with Crippen molar-refractivity contribution in [2.24, 2.45) is 5.92 Å². The van der Waals surface area contributed by atoms with Gasteiger partial charge in [-0.3, -0.25) is 4.79 Å². The zero-order valence-corrected chi connectivity index (χ0v) is 22.8. The number of hydrogen-bond donors (Lipinski definition) is 2. The van der Waals surface area contributed by atoms with Crippen molar-refractivity contribution in [2.75, 3.05) is 26.7 Å². The SMILES string of the molecule is COC(=O)C(C)(C)c1cccc(C(O)CCCN2CCC(C(O)(c3ccccc3)c3ccccc3)CC2)c1. The molecule has 0 aromatic heterocycles. The number of carbonyl (C=O) groups is 1. The molecule has 1 atom stereocenters. The van der Waals surface area contributed by atoms with Gasteiger partial charge in [-0.15, -0.1) is 0 Å². The van der Waals surface area contributed by atoms with Gasteiger partial charge in [0.2, 0.25) is 0 Å². The maximum Gasteiger partial charge on any atom is 0.315 e. The molecule has 0 bridgehead atoms. The van der Waals surface area contributed by atoms with Crippen LogP contribution in [0, 0.1) is 5.92 Å². The molecule has 0 saturated carbocycles. The number of carbonyl (C=O) groups excluding carboxylic acids is 1. The minimum absolute atomic E-state index is 0.134. The summed E-state index contributed by atoms with van der Waals surface area (Å²) in [4.78, 5) is 14.6. The third-order valence-electron chi connectivity index (χ3n) is 8.25. The van der Waals surface area contributed by atoms with Gasteiger partial charge in [-0.05, 0) is 87.3 Å². The highest BCUT2D eigenvalue weighted by molar-refractivity contribution is 5.82. The van der Waals surface area contributed by atoms with Crippen molar-refractivity contribution < 1.29 is 19.7 Å². The minimum atomic E-state index is -1.01. The number of hydrogen-bond acceptors (Lipinski definition) is 5. The number of aliphatic hydroxyl groups excluding tert-OH is 1. The third-order valence-corrected chi connectivity index (χ3v) is 8.25. The van der Waals surface area contributed by atoms with Gasteiger partial charge < -0.3 is 19.8 Å². The van der Waals surface area contributed by atoms with Crippen molar-refractivity contribution in [2.45, 2.75) is 56.7 Å². The monoisotopic (exact) mass is 515 g/mol. The van der Waals surface area contributed by atoms with Gasteiger partial charge in [-0.2, -0.15) is 0 Å². The Bertz CT molecular complexity index is 1130. The van der Waals surface area contributed by atoms with Crippen LogP contribution in [0.2, 0.25) is 0 Å². The second-order valence-electron chi connectivity index (χ2n) is 11.0. The van der Waals surface area contributed by atoms with Crippen molar-refractivity contribution >= 4 is 5.97 Å². The fourth-order valence-corrected chi connectivity index (χ4v) is 5.78. The van der Waals surface area contributed by atoms with Crippen molar-refractivity contribution in [3.63, 3.8) is 0 Å². The lowest BCUT2D eigenvalue weighted by molar-refractivity contribution is -0.146. The average molecular weight is 516 g/mol. The maximum absolute atomic E-state index is 12.2. The number of piperidine rings is 1. The Balaban J connectivity index is 1.33. The van der Waals surface area contributed by atoms with Gasteiger partial charge in [-0.1, -0.05) is 84.9 Å². The molecule has 5 nitrogen and oxygen atoms in total. The van der Waals surface area contributed by atoms with Gasteiger partial charge in [0.05, 0.1) is 18.6 Å². The molecule has 2 N–H and O–H groups in total. The molecular weight excluding hydrogens is 474 g/mol. The van der Waals surface area contributed by atoms with E-state index < -0.39 is 17.1 Å². The Hall–Kier alpha value is -2.99. The van der Waals surface area contributed by atoms with Crippen LogP contribution in [0.15, 0.2) is 84.9 Å². The summed E-state index contributed by atoms with van der Waals surface area (Å²) >= 11 is 0. The van der Waals surface area contributed by atoms with Crippen LogP contribution >= 0.6 is 0 Å². The van der Waals surface area contributed by atoms with Gasteiger partial charge in [0.15, 0.2) is 0 Å². The first kappa shape index (κ1) is 28.0. The van der Waals surface area contributed by atoms with E-state index in [0.29, 0.717) is 6.42 Å². The zero-order valence-electron chi connectivity index (χ0n) is 22.8. The van der Waals surface area contributed by atoms with Gasteiger partial charge in [-0.25, -0.2) is 0 Å². The highest BCUT2D eigenvalue weighted by atomic mass is 16.5. The van der Waals surface area contributed by atoms with E-state index in [0.717, 1.165) is 61.2 Å². The van der Waals surface area contributed by atoms with Crippen LogP contribution in [-0.4, -0.2) is 47.8 Å². The average Bonchev–Trinajstić information content (AvgIpc) is 2.97. The molecule has 0 aliphatic carbocycles. The number of ether oxygens (including phenoxy) is 1. The molecule has 1 unspecified atom stereocenters. The lowest BCUT2D eigenvalue weighted by atomic mass is 9.72. The maximum atomic E-state index is 12.2. The third kappa shape index (κ3) is 6.01. The number of aliphatic hydroxyl groups is 2. The molecule has 3 aromatic rings. The second-order valence-corrected chi connectivity index (χ2v) is 11.0. The number of benzene rings is 3. The molecule has 1 aliphatic heterocycles. The van der Waals surface area contributed by atoms with Crippen LogP contribution in [0.3, 0.4) is 0 Å². The smallest absolute Gasteiger partial charge is 0.315 e. The first-order valence-electron chi connectivity index (χ1n) is 13.7. The highest BCUT2D eigenvalue weighted by Gasteiger charge is 2.41. The predicted molar refractivity (Wildman–Crippen MR) is 151 cm³/mol. The quantitative estimate of drug-likeness (QED) is 0.344. The van der Waals surface area contributed by atoms with Crippen LogP contribution < -0.4 is 0 Å². The number of rotatable bonds is 10. The van der Waals surface area contributed by atoms with Crippen LogP contribution in [0.25, 0.3) is 0 Å². The fraction of sp³-hybridized carbons (Fsp3) is 0.424. The van der Waals surface area contributed by atoms with E-state index in [2.05, 4.69) is 4.90 Å². The normalized spacial score (nSPS) is 16.2. The number of esters is 1. The Morgan fingerprint density at radius 3 is 2.03 bits per heavy atom. The van der Waals surface area contributed by atoms with Gasteiger partial charge in [0, 0.05) is 0 Å². The van der Waals surface area contributed by atoms with Gasteiger partial charge >= 0.3 is 5.97 Å². The topological polar surface area (TPSA) is 70.0 Å². The minimum Gasteiger partial charge on any atom is -0.468 e. The van der Waals surface area contributed by atoms with E-state index >= 15 is 0 Å². The Labute approximate surface area is 227 Å². The van der Waals surface area contributed by atoms with Gasteiger partial charge in [0.1, 0.15) is 5.60 Å². The van der Waals surface area contributed by atoms with Crippen molar-refractivity contribution in [1.82, 2.24) is 4.90 Å². The molecule has 3 aromatic carbocycles. The zero-order chi connectivity index (χ0) is 27.2. The molecule has 0 radical (unpaired) electrons.